The topological polar surface area (TPSA) is 91.8 Å². The third kappa shape index (κ3) is 3.34. The Labute approximate surface area is 213 Å². The zero-order valence-corrected chi connectivity index (χ0v) is 20.8. The van der Waals surface area contributed by atoms with E-state index in [9.17, 15) is 24.3 Å². The van der Waals surface area contributed by atoms with Gasteiger partial charge in [-0.1, -0.05) is 35.9 Å². The molecule has 1 aliphatic heterocycles. The van der Waals surface area contributed by atoms with E-state index < -0.39 is 23.7 Å². The van der Waals surface area contributed by atoms with Crippen LogP contribution in [0.1, 0.15) is 29.2 Å². The number of phenols is 1. The number of halogens is 1. The first-order valence-electron chi connectivity index (χ1n) is 11.4. The lowest BCUT2D eigenvalue weighted by molar-refractivity contribution is -0.140. The van der Waals surface area contributed by atoms with Gasteiger partial charge in [0.1, 0.15) is 5.75 Å². The largest absolute Gasteiger partial charge is 0.508 e. The molecule has 6 nitrogen and oxygen atoms in total. The fourth-order valence-electron chi connectivity index (χ4n) is 6.07. The molecule has 1 aromatic heterocycles. The second-order valence-electron chi connectivity index (χ2n) is 9.29. The maximum Gasteiger partial charge on any atom is 0.234 e. The predicted molar refractivity (Wildman–Crippen MR) is 133 cm³/mol. The first kappa shape index (κ1) is 22.4. The molecular formula is C27H20BrNO5S. The van der Waals surface area contributed by atoms with E-state index in [4.69, 9.17) is 0 Å². The van der Waals surface area contributed by atoms with Gasteiger partial charge in [-0.25, -0.2) is 0 Å². The summed E-state index contributed by atoms with van der Waals surface area (Å²) in [7, 11) is 0. The van der Waals surface area contributed by atoms with Gasteiger partial charge >= 0.3 is 0 Å². The smallest absolute Gasteiger partial charge is 0.234 e. The van der Waals surface area contributed by atoms with Gasteiger partial charge in [-0.2, -0.15) is 0 Å². The Hall–Kier alpha value is -3.10. The Morgan fingerprint density at radius 3 is 2.57 bits per heavy atom. The van der Waals surface area contributed by atoms with Gasteiger partial charge in [0.25, 0.3) is 0 Å². The number of amides is 2. The van der Waals surface area contributed by atoms with E-state index in [1.165, 1.54) is 22.3 Å². The molecule has 2 aromatic rings. The van der Waals surface area contributed by atoms with Crippen molar-refractivity contribution in [3.05, 3.63) is 85.6 Å². The normalized spacial score (nSPS) is 28.0. The van der Waals surface area contributed by atoms with E-state index in [1.807, 2.05) is 23.6 Å². The van der Waals surface area contributed by atoms with Crippen molar-refractivity contribution in [2.45, 2.75) is 25.3 Å². The molecule has 0 bridgehead atoms. The van der Waals surface area contributed by atoms with Crippen LogP contribution >= 0.6 is 27.3 Å². The minimum atomic E-state index is -0.645. The number of hydrogen-bond donors (Lipinski definition) is 1. The minimum Gasteiger partial charge on any atom is -0.508 e. The molecule has 35 heavy (non-hydrogen) atoms. The summed E-state index contributed by atoms with van der Waals surface area (Å²) in [6.07, 6.45) is 3.84. The van der Waals surface area contributed by atoms with Crippen LogP contribution in [0.4, 0.5) is 0 Å². The maximum absolute atomic E-state index is 13.7. The summed E-state index contributed by atoms with van der Waals surface area (Å²) >= 11 is 4.72. The molecule has 3 aliphatic carbocycles. The molecule has 1 saturated heterocycles. The van der Waals surface area contributed by atoms with Crippen molar-refractivity contribution in [2.24, 2.45) is 17.8 Å². The zero-order chi connectivity index (χ0) is 24.4. The molecule has 2 amide bonds. The fraction of sp³-hybridized carbons (Fsp3) is 0.259. The van der Waals surface area contributed by atoms with Crippen molar-refractivity contribution in [3.8, 4) is 5.75 Å². The Bertz CT molecular complexity index is 1400. The average Bonchev–Trinajstić information content (AvgIpc) is 3.44. The summed E-state index contributed by atoms with van der Waals surface area (Å²) < 4.78 is 0.185. The van der Waals surface area contributed by atoms with E-state index in [1.54, 1.807) is 24.3 Å². The van der Waals surface area contributed by atoms with Gasteiger partial charge in [-0.15, -0.1) is 11.3 Å². The summed E-state index contributed by atoms with van der Waals surface area (Å²) in [5.41, 5.74) is 2.07. The average molecular weight is 550 g/mol. The molecule has 176 valence electrons. The lowest BCUT2D eigenvalue weighted by Gasteiger charge is -2.42. The second kappa shape index (κ2) is 8.24. The van der Waals surface area contributed by atoms with Crippen LogP contribution in [0.3, 0.4) is 0 Å². The number of carbonyl (C=O) groups is 4. The number of Topliss-reactive ketones (excluding diaryl/α,β-unsaturated/α-hetero) is 1. The highest BCUT2D eigenvalue weighted by Crippen LogP contribution is 2.56. The van der Waals surface area contributed by atoms with Crippen molar-refractivity contribution < 1.29 is 24.3 Å². The van der Waals surface area contributed by atoms with Gasteiger partial charge in [0.15, 0.2) is 11.6 Å². The van der Waals surface area contributed by atoms with E-state index >= 15 is 0 Å². The number of ketones is 2. The van der Waals surface area contributed by atoms with Crippen molar-refractivity contribution in [2.75, 3.05) is 0 Å². The van der Waals surface area contributed by atoms with Crippen molar-refractivity contribution in [1.82, 2.24) is 4.90 Å². The highest BCUT2D eigenvalue weighted by Gasteiger charge is 2.56. The summed E-state index contributed by atoms with van der Waals surface area (Å²) in [6, 6.07) is 10.6. The van der Waals surface area contributed by atoms with E-state index in [0.29, 0.717) is 23.1 Å². The number of nitrogens with zero attached hydrogens (tertiary/aromatic N) is 1. The molecule has 0 spiro atoms. The molecule has 2 heterocycles. The van der Waals surface area contributed by atoms with Gasteiger partial charge in [0, 0.05) is 33.6 Å². The fourth-order valence-corrected chi connectivity index (χ4v) is 7.21. The number of thiophene rings is 1. The predicted octanol–water partition coefficient (Wildman–Crippen LogP) is 4.42. The molecule has 0 unspecified atom stereocenters. The highest BCUT2D eigenvalue weighted by molar-refractivity contribution is 9.12. The molecule has 1 aromatic carbocycles. The van der Waals surface area contributed by atoms with Crippen molar-refractivity contribution >= 4 is 50.6 Å². The van der Waals surface area contributed by atoms with Crippen molar-refractivity contribution in [3.63, 3.8) is 0 Å². The van der Waals surface area contributed by atoms with E-state index in [2.05, 4.69) is 15.9 Å². The van der Waals surface area contributed by atoms with Gasteiger partial charge in [-0.05, 0) is 52.2 Å². The number of allylic oxidation sites excluding steroid dienone is 6. The number of fused-ring (bicyclic) bond motifs is 3. The van der Waals surface area contributed by atoms with Crippen LogP contribution in [-0.2, 0) is 25.7 Å². The monoisotopic (exact) mass is 549 g/mol. The lowest BCUT2D eigenvalue weighted by Crippen LogP contribution is -2.39. The van der Waals surface area contributed by atoms with Gasteiger partial charge < -0.3 is 5.11 Å². The highest BCUT2D eigenvalue weighted by atomic mass is 79.9. The molecule has 4 atom stereocenters. The molecule has 0 radical (unpaired) electrons. The summed E-state index contributed by atoms with van der Waals surface area (Å²) in [5, 5.41) is 12.6. The first-order chi connectivity index (χ1) is 16.9. The molecule has 1 N–H and O–H groups in total. The Balaban J connectivity index is 1.47. The molecular weight excluding hydrogens is 530 g/mol. The third-order valence-electron chi connectivity index (χ3n) is 7.56. The number of carbonyl (C=O) groups excluding carboxylic acids is 4. The van der Waals surface area contributed by atoms with Crippen LogP contribution in [0.15, 0.2) is 75.1 Å². The molecule has 1 fully saturated rings. The molecule has 4 aliphatic rings. The van der Waals surface area contributed by atoms with Gasteiger partial charge in [-0.3, -0.25) is 24.1 Å². The van der Waals surface area contributed by atoms with Crippen LogP contribution in [0.5, 0.6) is 5.75 Å². The second-order valence-corrected chi connectivity index (χ2v) is 11.2. The number of rotatable bonds is 3. The number of benzene rings is 1. The minimum absolute atomic E-state index is 0.0232. The maximum atomic E-state index is 13.7. The summed E-state index contributed by atoms with van der Waals surface area (Å²) in [4.78, 5) is 55.6. The van der Waals surface area contributed by atoms with Gasteiger partial charge in [0.05, 0.1) is 22.9 Å². The number of para-hydroxylation sites is 1. The number of aromatic hydroxyl groups is 1. The zero-order valence-electron chi connectivity index (χ0n) is 18.4. The number of imide groups is 1. The van der Waals surface area contributed by atoms with Crippen LogP contribution in [-0.4, -0.2) is 33.4 Å². The van der Waals surface area contributed by atoms with E-state index in [-0.39, 0.29) is 46.6 Å². The van der Waals surface area contributed by atoms with Crippen LogP contribution in [0, 0.1) is 17.8 Å². The molecule has 8 heteroatoms. The Morgan fingerprint density at radius 1 is 1.03 bits per heavy atom. The third-order valence-corrected chi connectivity index (χ3v) is 9.01. The SMILES string of the molecule is O=C1C=C(Br)C(=O)C2=C1[C@@H](c1ccccc1O)C1=CC[C@@H]3C(=O)N(Cc4cccs4)C(=O)[C@@H]3[C@@H]1C2. The van der Waals surface area contributed by atoms with Crippen LogP contribution < -0.4 is 0 Å². The number of hydrogen-bond acceptors (Lipinski definition) is 6. The quantitative estimate of drug-likeness (QED) is 0.347. The molecule has 0 saturated carbocycles. The summed E-state index contributed by atoms with van der Waals surface area (Å²) in [5.74, 6) is -3.10. The number of likely N-dealkylation sites (tertiary alicyclic amines) is 1. The number of phenolic OH excluding ortho intramolecular Hbond substituents is 1. The lowest BCUT2D eigenvalue weighted by atomic mass is 9.59. The van der Waals surface area contributed by atoms with Gasteiger partial charge in [0.2, 0.25) is 11.8 Å². The van der Waals surface area contributed by atoms with Crippen LogP contribution in [0.25, 0.3) is 0 Å². The summed E-state index contributed by atoms with van der Waals surface area (Å²) in [6.45, 7) is 0.243. The Morgan fingerprint density at radius 2 is 1.83 bits per heavy atom. The van der Waals surface area contributed by atoms with E-state index in [0.717, 1.165) is 10.5 Å². The van der Waals surface area contributed by atoms with Crippen molar-refractivity contribution in [1.29, 1.82) is 0 Å². The Kier molecular flexibility index (Phi) is 5.27. The molecule has 6 rings (SSSR count). The first-order valence-corrected chi connectivity index (χ1v) is 13.1. The standard InChI is InChI=1S/C27H20BrNO5S/c28-19-11-21(31)24-18(25(19)32)10-17-14(22(24)15-5-1-2-6-20(15)30)7-8-16-23(17)27(34)29(26(16)33)12-13-4-3-9-35-13/h1-7,9,11,16-17,22-23,30H,8,10,12H2/t16-,17+,22+,23-/m0/s1. The van der Waals surface area contributed by atoms with Crippen LogP contribution in [0.2, 0.25) is 0 Å².